The van der Waals surface area contributed by atoms with E-state index in [0.717, 1.165) is 5.56 Å². The Morgan fingerprint density at radius 3 is 2.15 bits per heavy atom. The maximum absolute atomic E-state index is 13.0. The van der Waals surface area contributed by atoms with Crippen LogP contribution in [0.3, 0.4) is 0 Å². The number of hydrogen-bond acceptors (Lipinski definition) is 4. The van der Waals surface area contributed by atoms with Crippen molar-refractivity contribution in [2.45, 2.75) is 19.3 Å². The van der Waals surface area contributed by atoms with Gasteiger partial charge in [-0.15, -0.1) is 12.4 Å². The van der Waals surface area contributed by atoms with Crippen LogP contribution in [0.4, 0.5) is 0 Å². The Hall–Kier alpha value is -1.34. The van der Waals surface area contributed by atoms with Crippen LogP contribution in [0.2, 0.25) is 5.02 Å². The first-order valence-electron chi connectivity index (χ1n) is 9.13. The number of benzene rings is 1. The molecule has 2 aliphatic heterocycles. The third-order valence-electron chi connectivity index (χ3n) is 5.48. The van der Waals surface area contributed by atoms with Crippen LogP contribution in [0.25, 0.3) is 0 Å². The summed E-state index contributed by atoms with van der Waals surface area (Å²) in [5, 5.41) is 0.662. The summed E-state index contributed by atoms with van der Waals surface area (Å²) < 4.78 is 5.39. The van der Waals surface area contributed by atoms with Gasteiger partial charge >= 0.3 is 0 Å². The van der Waals surface area contributed by atoms with E-state index in [0.29, 0.717) is 70.2 Å². The Bertz CT molecular complexity index is 640. The lowest BCUT2D eigenvalue weighted by Crippen LogP contribution is -2.57. The maximum atomic E-state index is 13.0. The Morgan fingerprint density at radius 1 is 1.04 bits per heavy atom. The number of hydrogen-bond donors (Lipinski definition) is 1. The van der Waals surface area contributed by atoms with E-state index in [1.807, 2.05) is 21.9 Å². The normalized spacial score (nSPS) is 19.3. The molecule has 0 saturated carbocycles. The van der Waals surface area contributed by atoms with Gasteiger partial charge in [0.05, 0.1) is 11.8 Å². The van der Waals surface area contributed by atoms with Gasteiger partial charge in [-0.05, 0) is 30.5 Å². The molecule has 2 amide bonds. The lowest BCUT2D eigenvalue weighted by Gasteiger charge is -2.42. The molecule has 0 radical (unpaired) electrons. The standard InChI is InChI=1S/C19H26ClN3O3.ClH/c20-16-3-1-15(2-4-16)13-17(24)22-7-9-23(10-8-22)18(25)19(14-21)5-11-26-12-6-19;/h1-4H,5-14,21H2;1H. The highest BCUT2D eigenvalue weighted by atomic mass is 35.5. The maximum Gasteiger partial charge on any atom is 0.230 e. The Labute approximate surface area is 171 Å². The fourth-order valence-electron chi connectivity index (χ4n) is 3.65. The molecule has 2 N–H and O–H groups in total. The molecule has 0 unspecified atom stereocenters. The van der Waals surface area contributed by atoms with Gasteiger partial charge in [-0.2, -0.15) is 0 Å². The monoisotopic (exact) mass is 415 g/mol. The van der Waals surface area contributed by atoms with Crippen molar-refractivity contribution in [3.8, 4) is 0 Å². The Morgan fingerprint density at radius 2 is 1.59 bits per heavy atom. The minimum Gasteiger partial charge on any atom is -0.381 e. The average Bonchev–Trinajstić information content (AvgIpc) is 2.69. The first-order chi connectivity index (χ1) is 12.5. The van der Waals surface area contributed by atoms with Gasteiger partial charge in [-0.25, -0.2) is 0 Å². The fourth-order valence-corrected chi connectivity index (χ4v) is 3.78. The van der Waals surface area contributed by atoms with Crippen molar-refractivity contribution in [1.82, 2.24) is 9.80 Å². The highest BCUT2D eigenvalue weighted by Gasteiger charge is 2.42. The summed E-state index contributed by atoms with van der Waals surface area (Å²) >= 11 is 5.88. The van der Waals surface area contributed by atoms with E-state index in [1.54, 1.807) is 12.1 Å². The van der Waals surface area contributed by atoms with Gasteiger partial charge in [-0.1, -0.05) is 23.7 Å². The second-order valence-electron chi connectivity index (χ2n) is 7.07. The summed E-state index contributed by atoms with van der Waals surface area (Å²) in [6.07, 6.45) is 1.71. The summed E-state index contributed by atoms with van der Waals surface area (Å²) in [4.78, 5) is 29.2. The Balaban J connectivity index is 0.00000261. The summed E-state index contributed by atoms with van der Waals surface area (Å²) in [6.45, 7) is 3.78. The molecule has 0 spiro atoms. The predicted molar refractivity (Wildman–Crippen MR) is 107 cm³/mol. The second kappa shape index (κ2) is 9.73. The van der Waals surface area contributed by atoms with Gasteiger partial charge in [-0.3, -0.25) is 9.59 Å². The molecule has 2 saturated heterocycles. The van der Waals surface area contributed by atoms with Crippen molar-refractivity contribution in [3.63, 3.8) is 0 Å². The van der Waals surface area contributed by atoms with Crippen molar-refractivity contribution >= 4 is 35.8 Å². The molecule has 0 aromatic heterocycles. The van der Waals surface area contributed by atoms with E-state index in [1.165, 1.54) is 0 Å². The number of amides is 2. The van der Waals surface area contributed by atoms with Gasteiger partial charge in [0.1, 0.15) is 0 Å². The van der Waals surface area contributed by atoms with E-state index in [-0.39, 0.29) is 24.2 Å². The molecule has 2 heterocycles. The van der Waals surface area contributed by atoms with E-state index < -0.39 is 5.41 Å². The molecule has 6 nitrogen and oxygen atoms in total. The van der Waals surface area contributed by atoms with Crippen LogP contribution in [0, 0.1) is 5.41 Å². The molecule has 0 atom stereocenters. The molecule has 1 aromatic rings. The molecule has 2 fully saturated rings. The van der Waals surface area contributed by atoms with Crippen LogP contribution >= 0.6 is 24.0 Å². The van der Waals surface area contributed by atoms with E-state index in [9.17, 15) is 9.59 Å². The fraction of sp³-hybridized carbons (Fsp3) is 0.579. The first-order valence-corrected chi connectivity index (χ1v) is 9.51. The number of piperazine rings is 1. The predicted octanol–water partition coefficient (Wildman–Crippen LogP) is 1.73. The number of rotatable bonds is 4. The minimum absolute atomic E-state index is 0. The van der Waals surface area contributed by atoms with Crippen LogP contribution in [-0.4, -0.2) is 67.6 Å². The van der Waals surface area contributed by atoms with E-state index in [2.05, 4.69) is 0 Å². The first kappa shape index (κ1) is 22.0. The zero-order valence-electron chi connectivity index (χ0n) is 15.4. The van der Waals surface area contributed by atoms with Crippen molar-refractivity contribution in [3.05, 3.63) is 34.9 Å². The number of carbonyl (C=O) groups is 2. The summed E-state index contributed by atoms with van der Waals surface area (Å²) in [6, 6.07) is 7.33. The molecule has 27 heavy (non-hydrogen) atoms. The van der Waals surface area contributed by atoms with Gasteiger partial charge in [0.2, 0.25) is 11.8 Å². The van der Waals surface area contributed by atoms with Gasteiger partial charge < -0.3 is 20.3 Å². The number of ether oxygens (including phenoxy) is 1. The van der Waals surface area contributed by atoms with Crippen molar-refractivity contribution < 1.29 is 14.3 Å². The minimum atomic E-state index is -0.492. The summed E-state index contributed by atoms with van der Waals surface area (Å²) in [5.74, 6) is 0.201. The van der Waals surface area contributed by atoms with Crippen LogP contribution in [-0.2, 0) is 20.7 Å². The van der Waals surface area contributed by atoms with Crippen molar-refractivity contribution in [2.24, 2.45) is 11.1 Å². The van der Waals surface area contributed by atoms with Gasteiger partial charge in [0.15, 0.2) is 0 Å². The third kappa shape index (κ3) is 5.13. The second-order valence-corrected chi connectivity index (χ2v) is 7.51. The van der Waals surface area contributed by atoms with Crippen LogP contribution in [0.5, 0.6) is 0 Å². The van der Waals surface area contributed by atoms with E-state index >= 15 is 0 Å². The zero-order chi connectivity index (χ0) is 18.6. The van der Waals surface area contributed by atoms with Crippen molar-refractivity contribution in [1.29, 1.82) is 0 Å². The molecule has 2 aliphatic rings. The number of carbonyl (C=O) groups excluding carboxylic acids is 2. The summed E-state index contributed by atoms with van der Waals surface area (Å²) in [7, 11) is 0. The number of halogens is 2. The number of nitrogens with zero attached hydrogens (tertiary/aromatic N) is 2. The molecule has 0 aliphatic carbocycles. The highest BCUT2D eigenvalue weighted by Crippen LogP contribution is 2.32. The Kier molecular flexibility index (Phi) is 7.91. The lowest BCUT2D eigenvalue weighted by molar-refractivity contribution is -0.151. The highest BCUT2D eigenvalue weighted by molar-refractivity contribution is 6.30. The van der Waals surface area contributed by atoms with Gasteiger partial charge in [0.25, 0.3) is 0 Å². The molecular formula is C19H27Cl2N3O3. The van der Waals surface area contributed by atoms with Crippen LogP contribution < -0.4 is 5.73 Å². The smallest absolute Gasteiger partial charge is 0.230 e. The van der Waals surface area contributed by atoms with Crippen LogP contribution in [0.1, 0.15) is 18.4 Å². The topological polar surface area (TPSA) is 75.9 Å². The molecule has 3 rings (SSSR count). The third-order valence-corrected chi connectivity index (χ3v) is 5.73. The van der Waals surface area contributed by atoms with E-state index in [4.69, 9.17) is 22.1 Å². The average molecular weight is 416 g/mol. The molecule has 8 heteroatoms. The quantitative estimate of drug-likeness (QED) is 0.811. The zero-order valence-corrected chi connectivity index (χ0v) is 16.9. The summed E-state index contributed by atoms with van der Waals surface area (Å²) in [5.41, 5.74) is 6.40. The molecule has 1 aromatic carbocycles. The van der Waals surface area contributed by atoms with Crippen molar-refractivity contribution in [2.75, 3.05) is 45.9 Å². The van der Waals surface area contributed by atoms with Gasteiger partial charge in [0, 0.05) is 51.0 Å². The van der Waals surface area contributed by atoms with Crippen LogP contribution in [0.15, 0.2) is 24.3 Å². The molecule has 0 bridgehead atoms. The largest absolute Gasteiger partial charge is 0.381 e. The number of nitrogens with two attached hydrogens (primary N) is 1. The lowest BCUT2D eigenvalue weighted by atomic mass is 9.78. The molecule has 150 valence electrons. The SMILES string of the molecule is Cl.NCC1(C(=O)N2CCN(C(=O)Cc3ccc(Cl)cc3)CC2)CCOCC1. The molecular weight excluding hydrogens is 389 g/mol.